The van der Waals surface area contributed by atoms with Gasteiger partial charge in [0.2, 0.25) is 6.08 Å². The molecule has 0 aliphatic rings. The fourth-order valence-electron chi connectivity index (χ4n) is 4.50. The molecule has 47 heavy (non-hydrogen) atoms. The Hall–Kier alpha value is -4.78. The second-order valence-electron chi connectivity index (χ2n) is 10.8. The number of nitrogens with zero attached hydrogens (tertiary/aromatic N) is 2. The number of rotatable bonds is 24. The summed E-state index contributed by atoms with van der Waals surface area (Å²) < 4.78 is 26.0. The van der Waals surface area contributed by atoms with Crippen LogP contribution in [0.25, 0.3) is 0 Å². The molecular weight excluding hydrogens is 604 g/mol. The Morgan fingerprint density at radius 1 is 0.766 bits per heavy atom. The van der Waals surface area contributed by atoms with Gasteiger partial charge in [-0.1, -0.05) is 57.6 Å². The number of nitriles is 1. The number of allylic oxidation sites excluding steroid dienone is 1. The summed E-state index contributed by atoms with van der Waals surface area (Å²) in [5.41, 5.74) is 0.454. The van der Waals surface area contributed by atoms with Crippen LogP contribution in [0.3, 0.4) is 0 Å². The van der Waals surface area contributed by atoms with Crippen LogP contribution < -0.4 is 14.2 Å². The largest absolute Gasteiger partial charge is 0.460 e. The van der Waals surface area contributed by atoms with Crippen molar-refractivity contribution < 1.29 is 42.9 Å². The van der Waals surface area contributed by atoms with Gasteiger partial charge in [0, 0.05) is 12.8 Å². The van der Waals surface area contributed by atoms with Gasteiger partial charge in [-0.25, -0.2) is 14.4 Å². The van der Waals surface area contributed by atoms with E-state index in [-0.39, 0.29) is 24.4 Å². The molecule has 0 aliphatic carbocycles. The summed E-state index contributed by atoms with van der Waals surface area (Å²) >= 11 is 0. The molecule has 11 heteroatoms. The van der Waals surface area contributed by atoms with Crippen molar-refractivity contribution in [3.63, 3.8) is 0 Å². The summed E-state index contributed by atoms with van der Waals surface area (Å²) in [7, 11) is 0. The number of esters is 3. The third-order valence-electron chi connectivity index (χ3n) is 6.90. The number of carbonyl (C=O) groups is 3. The lowest BCUT2D eigenvalue weighted by molar-refractivity contribution is -0.156. The molecule has 0 N–H and O–H groups in total. The summed E-state index contributed by atoms with van der Waals surface area (Å²) in [4.78, 5) is 50.2. The fraction of sp³-hybridized carbons (Fsp3) is 0.472. The molecule has 0 amide bonds. The van der Waals surface area contributed by atoms with Gasteiger partial charge in [0.05, 0.1) is 5.69 Å². The first kappa shape index (κ1) is 38.4. The lowest BCUT2D eigenvalue weighted by atomic mass is 10.1. The summed E-state index contributed by atoms with van der Waals surface area (Å²) in [6, 6.07) is 12.3. The minimum atomic E-state index is -0.667. The van der Waals surface area contributed by atoms with Gasteiger partial charge in [-0.2, -0.15) is 4.99 Å². The first-order chi connectivity index (χ1) is 22.9. The molecule has 2 aromatic carbocycles. The van der Waals surface area contributed by atoms with Gasteiger partial charge in [-0.15, -0.1) is 5.26 Å². The number of hydrogen-bond acceptors (Lipinski definition) is 11. The minimum Gasteiger partial charge on any atom is -0.460 e. The van der Waals surface area contributed by atoms with E-state index in [9.17, 15) is 19.2 Å². The van der Waals surface area contributed by atoms with Crippen LogP contribution >= 0.6 is 0 Å². The number of aliphatic imine (C=N–C) groups is 1. The van der Waals surface area contributed by atoms with Crippen LogP contribution in [0, 0.1) is 11.5 Å². The Morgan fingerprint density at radius 2 is 1.38 bits per heavy atom. The number of unbranched alkanes of at least 4 members (excludes halogenated alkanes) is 8. The summed E-state index contributed by atoms with van der Waals surface area (Å²) in [6.45, 7) is 1.37. The molecule has 0 saturated heterocycles. The first-order valence-electron chi connectivity index (χ1n) is 16.1. The lowest BCUT2D eigenvalue weighted by Crippen LogP contribution is -2.24. The molecule has 0 fully saturated rings. The monoisotopic (exact) mass is 648 g/mol. The predicted octanol–water partition coefficient (Wildman–Crippen LogP) is 7.60. The molecule has 0 saturated carbocycles. The highest BCUT2D eigenvalue weighted by atomic mass is 16.6. The average Bonchev–Trinajstić information content (AvgIpc) is 3.06. The van der Waals surface area contributed by atoms with E-state index in [1.165, 1.54) is 30.3 Å². The molecule has 0 aliphatic heterocycles. The fourth-order valence-corrected chi connectivity index (χ4v) is 4.50. The highest BCUT2D eigenvalue weighted by Crippen LogP contribution is 2.19. The summed E-state index contributed by atoms with van der Waals surface area (Å²) in [5.74, 6) is -0.480. The van der Waals surface area contributed by atoms with E-state index in [1.54, 1.807) is 30.5 Å². The normalized spacial score (nSPS) is 11.2. The molecule has 1 atom stereocenters. The van der Waals surface area contributed by atoms with Crippen LogP contribution in [0.5, 0.6) is 17.2 Å². The van der Waals surface area contributed by atoms with Gasteiger partial charge in [-0.3, -0.25) is 4.79 Å². The highest BCUT2D eigenvalue weighted by molar-refractivity contribution is 5.75. The van der Waals surface area contributed by atoms with Crippen molar-refractivity contribution in [3.05, 3.63) is 60.7 Å². The molecular formula is C36H44N2O9. The zero-order chi connectivity index (χ0) is 34.0. The number of benzene rings is 2. The van der Waals surface area contributed by atoms with Crippen molar-refractivity contribution in [2.75, 3.05) is 13.2 Å². The Labute approximate surface area is 276 Å². The summed E-state index contributed by atoms with van der Waals surface area (Å²) in [6.07, 6.45) is 18.6. The average molecular weight is 649 g/mol. The van der Waals surface area contributed by atoms with E-state index >= 15 is 0 Å². The van der Waals surface area contributed by atoms with Crippen LogP contribution in [-0.4, -0.2) is 43.3 Å². The molecule has 0 radical (unpaired) electrons. The number of carbonyl (C=O) groups excluding carboxylic acids is 4. The smallest absolute Gasteiger partial charge is 0.337 e. The maximum atomic E-state index is 12.4. The molecule has 0 spiro atoms. The molecule has 252 valence electrons. The van der Waals surface area contributed by atoms with Gasteiger partial charge in [0.25, 0.3) is 6.26 Å². The van der Waals surface area contributed by atoms with E-state index < -0.39 is 18.5 Å². The van der Waals surface area contributed by atoms with Crippen molar-refractivity contribution in [2.45, 2.75) is 96.5 Å². The van der Waals surface area contributed by atoms with Gasteiger partial charge >= 0.3 is 17.9 Å². The maximum absolute atomic E-state index is 12.4. The van der Waals surface area contributed by atoms with Crippen molar-refractivity contribution >= 4 is 29.7 Å². The lowest BCUT2D eigenvalue weighted by Gasteiger charge is -2.16. The van der Waals surface area contributed by atoms with Crippen molar-refractivity contribution in [2.24, 2.45) is 4.99 Å². The van der Waals surface area contributed by atoms with Gasteiger partial charge in [0.15, 0.2) is 0 Å². The third kappa shape index (κ3) is 18.7. The zero-order valence-corrected chi connectivity index (χ0v) is 27.0. The molecule has 11 nitrogen and oxygen atoms in total. The Bertz CT molecular complexity index is 1330. The third-order valence-corrected chi connectivity index (χ3v) is 6.90. The molecule has 2 rings (SSSR count). The van der Waals surface area contributed by atoms with Crippen LogP contribution in [0.4, 0.5) is 5.69 Å². The van der Waals surface area contributed by atoms with Gasteiger partial charge in [0.1, 0.15) is 36.6 Å². The van der Waals surface area contributed by atoms with Crippen LogP contribution in [-0.2, 0) is 28.7 Å². The van der Waals surface area contributed by atoms with Gasteiger partial charge < -0.3 is 23.7 Å². The standard InChI is InChI=1S/C36H44N2O9/c1-2-3-4-11-14-31(46-35(41)25-43-26-36(42)47-33-23-21-30(22-24-33)44-27-37)15-12-9-7-5-6-8-10-13-16-34(40)45-32-19-17-29(18-20-32)38-28-39/h9,12,17-24,31H,2-8,10-11,13-16,25-26H2,1H3/b12-9-/t31-/m1/s1. The quantitative estimate of drug-likeness (QED) is 0.0212. The molecule has 2 aromatic rings. The van der Waals surface area contributed by atoms with Crippen LogP contribution in [0.2, 0.25) is 0 Å². The minimum absolute atomic E-state index is 0.261. The van der Waals surface area contributed by atoms with E-state index in [1.807, 2.05) is 0 Å². The second-order valence-corrected chi connectivity index (χ2v) is 10.8. The highest BCUT2D eigenvalue weighted by Gasteiger charge is 2.15. The summed E-state index contributed by atoms with van der Waals surface area (Å²) in [5, 5.41) is 8.52. The number of isocyanates is 1. The Morgan fingerprint density at radius 3 is 2.09 bits per heavy atom. The number of ether oxygens (including phenoxy) is 5. The maximum Gasteiger partial charge on any atom is 0.337 e. The van der Waals surface area contributed by atoms with E-state index in [2.05, 4.69) is 28.8 Å². The van der Waals surface area contributed by atoms with Gasteiger partial charge in [-0.05, 0) is 80.6 Å². The Kier molecular flexibility index (Phi) is 20.0. The molecule has 0 heterocycles. The second kappa shape index (κ2) is 24.5. The SMILES string of the molecule is CCCCCC[C@H](C/C=C\CCCCCCCC(=O)Oc1ccc(N=C=O)cc1)OC(=O)COCC(=O)Oc1ccc(OC#N)cc1. The van der Waals surface area contributed by atoms with Crippen LogP contribution in [0.15, 0.2) is 65.7 Å². The molecule has 0 unspecified atom stereocenters. The first-order valence-corrected chi connectivity index (χ1v) is 16.1. The molecule has 0 aromatic heterocycles. The van der Waals surface area contributed by atoms with Crippen LogP contribution in [0.1, 0.15) is 90.4 Å². The molecule has 0 bridgehead atoms. The Balaban J connectivity index is 1.59. The zero-order valence-electron chi connectivity index (χ0n) is 27.0. The van der Waals surface area contributed by atoms with E-state index in [0.29, 0.717) is 30.0 Å². The predicted molar refractivity (Wildman–Crippen MR) is 174 cm³/mol. The van der Waals surface area contributed by atoms with Crippen molar-refractivity contribution in [1.29, 1.82) is 5.26 Å². The van der Waals surface area contributed by atoms with E-state index in [4.69, 9.17) is 24.2 Å². The van der Waals surface area contributed by atoms with E-state index in [0.717, 1.165) is 70.6 Å². The van der Waals surface area contributed by atoms with Crippen molar-refractivity contribution in [1.82, 2.24) is 0 Å². The van der Waals surface area contributed by atoms with Crippen molar-refractivity contribution in [3.8, 4) is 23.5 Å². The topological polar surface area (TPSA) is 151 Å². The number of hydrogen-bond donors (Lipinski definition) is 0.